The lowest BCUT2D eigenvalue weighted by molar-refractivity contribution is -0.191. The highest BCUT2D eigenvalue weighted by atomic mass is 19.1. The van der Waals surface area contributed by atoms with Crippen molar-refractivity contribution in [3.05, 3.63) is 84.6 Å². The Morgan fingerprint density at radius 3 is 2.42 bits per heavy atom. The van der Waals surface area contributed by atoms with Gasteiger partial charge in [-0.05, 0) is 54.3 Å². The number of para-hydroxylation sites is 1. The zero-order chi connectivity index (χ0) is 27.7. The highest BCUT2D eigenvalue weighted by Gasteiger charge is 2.47. The van der Waals surface area contributed by atoms with E-state index in [2.05, 4.69) is 38.8 Å². The van der Waals surface area contributed by atoms with Crippen LogP contribution in [0, 0.1) is 5.95 Å². The summed E-state index contributed by atoms with van der Waals surface area (Å²) in [6.45, 7) is 3.17. The number of ether oxygens (including phenoxy) is 1. The molecule has 0 bridgehead atoms. The number of aromatic nitrogens is 2. The molecule has 0 atom stereocenters. The zero-order valence-corrected chi connectivity index (χ0v) is 22.0. The molecule has 0 N–H and O–H groups in total. The minimum absolute atomic E-state index is 0.246. The van der Waals surface area contributed by atoms with Gasteiger partial charge in [0.2, 0.25) is 5.95 Å². The van der Waals surface area contributed by atoms with Crippen LogP contribution in [0.15, 0.2) is 73.1 Å². The number of hydrogen-bond acceptors (Lipinski definition) is 6. The van der Waals surface area contributed by atoms with Crippen LogP contribution in [0.2, 0.25) is 0 Å². The van der Waals surface area contributed by atoms with Crippen LogP contribution in [0.5, 0.6) is 0 Å². The van der Waals surface area contributed by atoms with E-state index in [1.807, 2.05) is 36.4 Å². The van der Waals surface area contributed by atoms with Crippen LogP contribution < -0.4 is 4.90 Å². The van der Waals surface area contributed by atoms with E-state index in [0.29, 0.717) is 12.6 Å². The van der Waals surface area contributed by atoms with E-state index < -0.39 is 11.5 Å². The number of halogens is 1. The number of nitrogens with zero attached hydrogens (tertiary/aromatic N) is 4. The third-order valence-electron chi connectivity index (χ3n) is 8.11. The van der Waals surface area contributed by atoms with Gasteiger partial charge in [-0.1, -0.05) is 30.3 Å². The van der Waals surface area contributed by atoms with E-state index in [4.69, 9.17) is 14.3 Å². The first-order valence-corrected chi connectivity index (χ1v) is 13.5. The Kier molecular flexibility index (Phi) is 6.92. The van der Waals surface area contributed by atoms with Crippen LogP contribution in [0.1, 0.15) is 37.3 Å². The molecule has 1 saturated carbocycles. The second-order valence-corrected chi connectivity index (χ2v) is 10.7. The molecule has 2 aromatic heterocycles. The summed E-state index contributed by atoms with van der Waals surface area (Å²) in [5.41, 5.74) is 5.01. The predicted molar refractivity (Wildman–Crippen MR) is 146 cm³/mol. The van der Waals surface area contributed by atoms with E-state index in [1.54, 1.807) is 11.1 Å². The summed E-state index contributed by atoms with van der Waals surface area (Å²) in [5.74, 6) is -0.465. The Labute approximate surface area is 231 Å². The number of carbonyl (C=O) groups is 1. The Balaban J connectivity index is 0.000000925. The van der Waals surface area contributed by atoms with Gasteiger partial charge in [-0.2, -0.15) is 14.0 Å². The topological polar surface area (TPSA) is 84.7 Å². The molecule has 40 heavy (non-hydrogen) atoms. The summed E-state index contributed by atoms with van der Waals surface area (Å²) >= 11 is 0. The number of hydrogen-bond donors (Lipinski definition) is 0. The third-order valence-corrected chi connectivity index (χ3v) is 8.11. The maximum Gasteiger partial charge on any atom is 0.415 e. The van der Waals surface area contributed by atoms with Gasteiger partial charge in [-0.3, -0.25) is 9.80 Å². The minimum Gasteiger partial charge on any atom is -0.441 e. The maximum absolute atomic E-state index is 13.5. The van der Waals surface area contributed by atoms with E-state index in [0.717, 1.165) is 49.3 Å². The summed E-state index contributed by atoms with van der Waals surface area (Å²) in [6, 6.07) is 20.0. The Morgan fingerprint density at radius 2 is 1.75 bits per heavy atom. The highest BCUT2D eigenvalue weighted by Crippen LogP contribution is 2.42. The average Bonchev–Trinajstić information content (AvgIpc) is 3.68. The molecular formula is C31H29FN4O4. The zero-order valence-electron chi connectivity index (χ0n) is 22.0. The molecule has 204 valence electrons. The molecule has 3 aliphatic rings. The average molecular weight is 541 g/mol. The SMILES string of the molecule is O=C1OC2(CCN(Cc3cn(C4CC4)c4cccc(-c5ccc(F)nc5)c34)CC2)CN1c1ccccc1.O=C=O. The number of anilines is 1. The molecule has 7 rings (SSSR count). The molecule has 3 fully saturated rings. The molecule has 1 aliphatic carbocycles. The Bertz CT molecular complexity index is 1550. The van der Waals surface area contributed by atoms with Crippen LogP contribution in [-0.2, 0) is 20.9 Å². The van der Waals surface area contributed by atoms with Crippen LogP contribution in [0.25, 0.3) is 22.0 Å². The lowest BCUT2D eigenvalue weighted by Crippen LogP contribution is -2.46. The smallest absolute Gasteiger partial charge is 0.415 e. The number of benzene rings is 2. The van der Waals surface area contributed by atoms with Crippen molar-refractivity contribution in [2.24, 2.45) is 0 Å². The van der Waals surface area contributed by atoms with Gasteiger partial charge in [-0.15, -0.1) is 0 Å². The molecule has 1 spiro atoms. The van der Waals surface area contributed by atoms with E-state index in [-0.39, 0.29) is 12.2 Å². The molecule has 9 heteroatoms. The first kappa shape index (κ1) is 25.9. The van der Waals surface area contributed by atoms with Crippen molar-refractivity contribution in [1.82, 2.24) is 14.5 Å². The first-order chi connectivity index (χ1) is 19.5. The van der Waals surface area contributed by atoms with Crippen LogP contribution in [-0.4, -0.2) is 51.9 Å². The maximum atomic E-state index is 13.5. The fourth-order valence-electron chi connectivity index (χ4n) is 5.99. The van der Waals surface area contributed by atoms with E-state index in [9.17, 15) is 9.18 Å². The van der Waals surface area contributed by atoms with Crippen molar-refractivity contribution in [2.75, 3.05) is 24.5 Å². The number of carbonyl (C=O) groups excluding carboxylic acids is 3. The van der Waals surface area contributed by atoms with Crippen molar-refractivity contribution in [1.29, 1.82) is 0 Å². The van der Waals surface area contributed by atoms with Crippen molar-refractivity contribution in [3.8, 4) is 11.1 Å². The van der Waals surface area contributed by atoms with Gasteiger partial charge in [0.1, 0.15) is 5.60 Å². The number of amides is 1. The third kappa shape index (κ3) is 5.01. The Morgan fingerprint density at radius 1 is 1.00 bits per heavy atom. The van der Waals surface area contributed by atoms with E-state index in [1.165, 1.54) is 35.4 Å². The number of piperidine rings is 1. The molecule has 0 unspecified atom stereocenters. The molecular weight excluding hydrogens is 511 g/mol. The molecule has 8 nitrogen and oxygen atoms in total. The van der Waals surface area contributed by atoms with Gasteiger partial charge in [0.25, 0.3) is 0 Å². The van der Waals surface area contributed by atoms with Gasteiger partial charge in [0, 0.05) is 73.1 Å². The van der Waals surface area contributed by atoms with Crippen LogP contribution in [0.4, 0.5) is 14.9 Å². The summed E-state index contributed by atoms with van der Waals surface area (Å²) in [6.07, 6.45) is 8.00. The molecule has 0 radical (unpaired) electrons. The number of rotatable bonds is 5. The molecule has 1 amide bonds. The summed E-state index contributed by atoms with van der Waals surface area (Å²) in [7, 11) is 0. The highest BCUT2D eigenvalue weighted by molar-refractivity contribution is 5.98. The summed E-state index contributed by atoms with van der Waals surface area (Å²) in [5, 5.41) is 1.23. The fourth-order valence-corrected chi connectivity index (χ4v) is 5.99. The monoisotopic (exact) mass is 540 g/mol. The molecule has 2 aromatic carbocycles. The van der Waals surface area contributed by atoms with Crippen LogP contribution >= 0.6 is 0 Å². The van der Waals surface area contributed by atoms with Crippen molar-refractivity contribution in [2.45, 2.75) is 43.9 Å². The second-order valence-electron chi connectivity index (χ2n) is 10.7. The van der Waals surface area contributed by atoms with Gasteiger partial charge < -0.3 is 9.30 Å². The molecule has 4 aromatic rings. The van der Waals surface area contributed by atoms with Gasteiger partial charge in [0.15, 0.2) is 0 Å². The largest absolute Gasteiger partial charge is 0.441 e. The predicted octanol–water partition coefficient (Wildman–Crippen LogP) is 5.59. The van der Waals surface area contributed by atoms with Gasteiger partial charge in [0.05, 0.1) is 6.54 Å². The number of likely N-dealkylation sites (tertiary alicyclic amines) is 1. The molecule has 2 saturated heterocycles. The van der Waals surface area contributed by atoms with Crippen molar-refractivity contribution >= 4 is 28.8 Å². The number of pyridine rings is 1. The Hall–Kier alpha value is -4.33. The summed E-state index contributed by atoms with van der Waals surface area (Å²) in [4.78, 5) is 37.1. The van der Waals surface area contributed by atoms with E-state index >= 15 is 0 Å². The second kappa shape index (κ2) is 10.7. The van der Waals surface area contributed by atoms with Crippen molar-refractivity contribution in [3.63, 3.8) is 0 Å². The van der Waals surface area contributed by atoms with Crippen molar-refractivity contribution < 1.29 is 23.5 Å². The molecule has 2 aliphatic heterocycles. The van der Waals surface area contributed by atoms with Gasteiger partial charge >= 0.3 is 12.2 Å². The molecule has 4 heterocycles. The first-order valence-electron chi connectivity index (χ1n) is 13.5. The van der Waals surface area contributed by atoms with Gasteiger partial charge in [-0.25, -0.2) is 9.78 Å². The fraction of sp³-hybridized carbons (Fsp3) is 0.323. The quantitative estimate of drug-likeness (QED) is 0.307. The standard InChI is InChI=1S/C30H29FN4O2.CO2/c31-27-12-9-21(17-32-27)25-7-4-8-26-28(25)22(19-34(26)24-10-11-24)18-33-15-13-30(14-16-33)20-35(29(36)37-30)23-5-2-1-3-6-23;2-1-3/h1-9,12,17,19,24H,10-11,13-16,18,20H2;. The normalized spacial score (nSPS) is 18.3. The number of fused-ring (bicyclic) bond motifs is 1. The minimum atomic E-state index is -0.465. The lowest BCUT2D eigenvalue weighted by Gasteiger charge is -2.37. The lowest BCUT2D eigenvalue weighted by atomic mass is 9.91. The van der Waals surface area contributed by atoms with Crippen LogP contribution in [0.3, 0.4) is 0 Å². The summed E-state index contributed by atoms with van der Waals surface area (Å²) < 4.78 is 21.9.